The number of carbonyl (C=O) groups excluding carboxylic acids is 1. The quantitative estimate of drug-likeness (QED) is 0.723. The summed E-state index contributed by atoms with van der Waals surface area (Å²) in [7, 11) is 0. The summed E-state index contributed by atoms with van der Waals surface area (Å²) in [5, 5.41) is 2.69. The van der Waals surface area contributed by atoms with Crippen LogP contribution in [0.3, 0.4) is 0 Å². The summed E-state index contributed by atoms with van der Waals surface area (Å²) >= 11 is 0. The third kappa shape index (κ3) is 7.55. The molecule has 0 atom stereocenters. The van der Waals surface area contributed by atoms with Crippen molar-refractivity contribution in [1.29, 1.82) is 0 Å². The summed E-state index contributed by atoms with van der Waals surface area (Å²) in [4.78, 5) is 11.3. The average molecular weight is 209 g/mol. The minimum absolute atomic E-state index is 0.206. The molecule has 0 saturated carbocycles. The number of allylic oxidation sites excluding steroid dienone is 2. The number of amides is 1. The molecule has 0 aromatic carbocycles. The Labute approximate surface area is 91.5 Å². The lowest BCUT2D eigenvalue weighted by molar-refractivity contribution is 0.147. The third-order valence-corrected chi connectivity index (χ3v) is 1.44. The average Bonchev–Trinajstić information content (AvgIpc) is 2.09. The molecule has 0 aromatic rings. The smallest absolute Gasteiger partial charge is 0.407 e. The third-order valence-electron chi connectivity index (χ3n) is 1.44. The van der Waals surface area contributed by atoms with Gasteiger partial charge < -0.3 is 10.1 Å². The zero-order chi connectivity index (χ0) is 11.9. The molecule has 1 amide bonds. The predicted octanol–water partition coefficient (Wildman–Crippen LogP) is 2.81. The number of nitrogens with one attached hydrogen (secondary N) is 1. The van der Waals surface area contributed by atoms with E-state index in [2.05, 4.69) is 18.5 Å². The van der Waals surface area contributed by atoms with Crippen molar-refractivity contribution in [2.24, 2.45) is 0 Å². The number of ether oxygens (including phenoxy) is 1. The molecule has 0 spiro atoms. The lowest BCUT2D eigenvalue weighted by atomic mass is 10.1. The molecule has 0 aliphatic carbocycles. The van der Waals surface area contributed by atoms with E-state index in [1.54, 1.807) is 18.2 Å². The molecule has 0 unspecified atom stereocenters. The molecule has 0 aromatic heterocycles. The van der Waals surface area contributed by atoms with Gasteiger partial charge in [0.2, 0.25) is 0 Å². The van der Waals surface area contributed by atoms with E-state index in [4.69, 9.17) is 4.74 Å². The van der Waals surface area contributed by atoms with Gasteiger partial charge in [-0.1, -0.05) is 31.4 Å². The molecule has 3 heteroatoms. The fraction of sp³-hybridized carbons (Fsp3) is 0.417. The van der Waals surface area contributed by atoms with Gasteiger partial charge in [0.15, 0.2) is 0 Å². The van der Waals surface area contributed by atoms with Crippen molar-refractivity contribution >= 4 is 6.09 Å². The first kappa shape index (κ1) is 13.5. The van der Waals surface area contributed by atoms with Crippen LogP contribution < -0.4 is 5.32 Å². The van der Waals surface area contributed by atoms with Crippen LogP contribution in [-0.2, 0) is 4.74 Å². The van der Waals surface area contributed by atoms with Gasteiger partial charge in [-0.25, -0.2) is 4.79 Å². The fourth-order valence-electron chi connectivity index (χ4n) is 0.818. The van der Waals surface area contributed by atoms with Crippen LogP contribution in [0.4, 0.5) is 4.79 Å². The summed E-state index contributed by atoms with van der Waals surface area (Å²) in [6.45, 7) is 13.0. The number of carbonyl (C=O) groups is 1. The Kier molecular flexibility index (Phi) is 5.45. The van der Waals surface area contributed by atoms with Gasteiger partial charge in [0.25, 0.3) is 0 Å². The van der Waals surface area contributed by atoms with Crippen LogP contribution in [0.5, 0.6) is 0 Å². The molecule has 0 aliphatic rings. The number of hydrogen-bond acceptors (Lipinski definition) is 2. The maximum atomic E-state index is 11.3. The van der Waals surface area contributed by atoms with Crippen molar-refractivity contribution in [2.45, 2.75) is 26.3 Å². The molecule has 0 rings (SSSR count). The summed E-state index contributed by atoms with van der Waals surface area (Å²) < 4.78 is 4.99. The van der Waals surface area contributed by atoms with Gasteiger partial charge in [-0.15, -0.1) is 0 Å². The van der Waals surface area contributed by atoms with Crippen LogP contribution in [-0.4, -0.2) is 18.2 Å². The van der Waals surface area contributed by atoms with E-state index in [0.717, 1.165) is 5.57 Å². The molecule has 0 aliphatic heterocycles. The van der Waals surface area contributed by atoms with Gasteiger partial charge in [0.05, 0.1) is 0 Å². The maximum absolute atomic E-state index is 11.3. The van der Waals surface area contributed by atoms with Crippen LogP contribution >= 0.6 is 0 Å². The highest BCUT2D eigenvalue weighted by molar-refractivity contribution is 5.68. The summed E-state index contributed by atoms with van der Waals surface area (Å²) in [6, 6.07) is 0. The van der Waals surface area contributed by atoms with Crippen LogP contribution in [0.1, 0.15) is 20.8 Å². The summed E-state index contributed by atoms with van der Waals surface area (Å²) in [5.41, 5.74) is 0.530. The maximum Gasteiger partial charge on any atom is 0.407 e. The van der Waals surface area contributed by atoms with Crippen LogP contribution in [0.25, 0.3) is 0 Å². The van der Waals surface area contributed by atoms with E-state index in [-0.39, 0.29) is 12.1 Å². The van der Waals surface area contributed by atoms with E-state index in [1.807, 2.05) is 20.8 Å². The highest BCUT2D eigenvalue weighted by atomic mass is 16.5. The molecular formula is C12H19NO2. The first-order chi connectivity index (χ1) is 6.89. The van der Waals surface area contributed by atoms with Crippen molar-refractivity contribution in [2.75, 3.05) is 6.61 Å². The first-order valence-corrected chi connectivity index (χ1v) is 4.78. The molecule has 0 saturated heterocycles. The normalized spacial score (nSPS) is 11.8. The van der Waals surface area contributed by atoms with E-state index >= 15 is 0 Å². The van der Waals surface area contributed by atoms with E-state index in [9.17, 15) is 4.79 Å². The number of hydrogen-bond donors (Lipinski definition) is 1. The Morgan fingerprint density at radius 1 is 1.40 bits per heavy atom. The Balaban J connectivity index is 4.05. The van der Waals surface area contributed by atoms with E-state index in [0.29, 0.717) is 0 Å². The van der Waals surface area contributed by atoms with Gasteiger partial charge >= 0.3 is 6.09 Å². The lowest BCUT2D eigenvalue weighted by Gasteiger charge is -2.19. The highest BCUT2D eigenvalue weighted by Gasteiger charge is 2.14. The topological polar surface area (TPSA) is 38.3 Å². The fourth-order valence-corrected chi connectivity index (χ4v) is 0.818. The van der Waals surface area contributed by atoms with Gasteiger partial charge in [0.1, 0.15) is 6.61 Å². The zero-order valence-corrected chi connectivity index (χ0v) is 9.67. The van der Waals surface area contributed by atoms with Crippen molar-refractivity contribution < 1.29 is 9.53 Å². The molecule has 0 radical (unpaired) electrons. The summed E-state index contributed by atoms with van der Waals surface area (Å²) in [6.07, 6.45) is 4.57. The van der Waals surface area contributed by atoms with E-state index < -0.39 is 6.09 Å². The lowest BCUT2D eigenvalue weighted by Crippen LogP contribution is -2.41. The number of alkyl carbamates (subject to hydrolysis) is 1. The Morgan fingerprint density at radius 3 is 2.40 bits per heavy atom. The molecule has 84 valence electrons. The van der Waals surface area contributed by atoms with Crippen molar-refractivity contribution in [3.8, 4) is 0 Å². The largest absolute Gasteiger partial charge is 0.445 e. The van der Waals surface area contributed by atoms with Gasteiger partial charge in [-0.05, 0) is 26.3 Å². The number of rotatable bonds is 4. The molecule has 15 heavy (non-hydrogen) atoms. The van der Waals surface area contributed by atoms with Crippen LogP contribution in [0.15, 0.2) is 37.0 Å². The van der Waals surface area contributed by atoms with Gasteiger partial charge in [0, 0.05) is 5.54 Å². The molecule has 1 N–H and O–H groups in total. The van der Waals surface area contributed by atoms with Crippen LogP contribution in [0.2, 0.25) is 0 Å². The zero-order valence-electron chi connectivity index (χ0n) is 9.67. The Bertz CT molecular complexity index is 272. The van der Waals surface area contributed by atoms with Crippen molar-refractivity contribution in [3.63, 3.8) is 0 Å². The molecule has 3 nitrogen and oxygen atoms in total. The Hall–Kier alpha value is -1.51. The molecule has 0 fully saturated rings. The second-order valence-electron chi connectivity index (χ2n) is 4.13. The van der Waals surface area contributed by atoms with Crippen LogP contribution in [0, 0.1) is 0 Å². The van der Waals surface area contributed by atoms with E-state index in [1.165, 1.54) is 0 Å². The SMILES string of the molecule is C=C/C=C(\C=C)COC(=O)NC(C)(C)C. The van der Waals surface area contributed by atoms with Gasteiger partial charge in [-0.3, -0.25) is 0 Å². The standard InChI is InChI=1S/C12H19NO2/c1-6-8-10(7-2)9-15-11(14)13-12(3,4)5/h6-8H,1-2,9H2,3-5H3,(H,13,14)/b10-8+. The second-order valence-corrected chi connectivity index (χ2v) is 4.13. The second kappa shape index (κ2) is 6.06. The highest BCUT2D eigenvalue weighted by Crippen LogP contribution is 2.01. The molecule has 0 bridgehead atoms. The van der Waals surface area contributed by atoms with Crippen molar-refractivity contribution in [1.82, 2.24) is 5.32 Å². The minimum Gasteiger partial charge on any atom is -0.445 e. The molecular weight excluding hydrogens is 190 g/mol. The minimum atomic E-state index is -0.431. The molecule has 0 heterocycles. The van der Waals surface area contributed by atoms with Crippen molar-refractivity contribution in [3.05, 3.63) is 37.0 Å². The predicted molar refractivity (Wildman–Crippen MR) is 62.7 cm³/mol. The monoisotopic (exact) mass is 209 g/mol. The Morgan fingerprint density at radius 2 is 2.00 bits per heavy atom. The van der Waals surface area contributed by atoms with Gasteiger partial charge in [-0.2, -0.15) is 0 Å². The summed E-state index contributed by atoms with van der Waals surface area (Å²) in [5.74, 6) is 0. The first-order valence-electron chi connectivity index (χ1n) is 4.78.